The zero-order valence-corrected chi connectivity index (χ0v) is 18.9. The molecule has 0 atom stereocenters. The van der Waals surface area contributed by atoms with E-state index in [2.05, 4.69) is 0 Å². The quantitative estimate of drug-likeness (QED) is 0.481. The van der Waals surface area contributed by atoms with E-state index in [9.17, 15) is 9.59 Å². The van der Waals surface area contributed by atoms with Gasteiger partial charge in [-0.25, -0.2) is 4.90 Å². The van der Waals surface area contributed by atoms with Crippen LogP contribution in [0.25, 0.3) is 5.57 Å². The Labute approximate surface area is 193 Å². The number of hydrogen-bond acceptors (Lipinski definition) is 5. The predicted molar refractivity (Wildman–Crippen MR) is 128 cm³/mol. The molecule has 3 aromatic rings. The second-order valence-corrected chi connectivity index (χ2v) is 7.64. The van der Waals surface area contributed by atoms with E-state index < -0.39 is 0 Å². The number of benzene rings is 3. The van der Waals surface area contributed by atoms with Crippen molar-refractivity contribution in [1.29, 1.82) is 0 Å². The summed E-state index contributed by atoms with van der Waals surface area (Å²) in [4.78, 5) is 30.4. The second kappa shape index (κ2) is 9.61. The third kappa shape index (κ3) is 4.32. The molecule has 0 saturated carbocycles. The van der Waals surface area contributed by atoms with Gasteiger partial charge in [0, 0.05) is 13.6 Å². The van der Waals surface area contributed by atoms with Gasteiger partial charge in [-0.2, -0.15) is 0 Å². The average Bonchev–Trinajstić information content (AvgIpc) is 3.10. The normalized spacial score (nSPS) is 13.5. The van der Waals surface area contributed by atoms with E-state index in [1.54, 1.807) is 24.3 Å². The highest BCUT2D eigenvalue weighted by atomic mass is 16.5. The van der Waals surface area contributed by atoms with Crippen molar-refractivity contribution in [3.8, 4) is 11.5 Å². The number of ether oxygens (including phenoxy) is 2. The van der Waals surface area contributed by atoms with Crippen LogP contribution in [0.5, 0.6) is 11.5 Å². The number of para-hydroxylation sites is 2. The van der Waals surface area contributed by atoms with Gasteiger partial charge in [-0.15, -0.1) is 0 Å². The van der Waals surface area contributed by atoms with Crippen LogP contribution in [-0.2, 0) is 16.1 Å². The SMILES string of the molecule is CCOc1ccc(C2=C(N(C)Cc3ccccc3)C(=O)N(c3ccccc3OC)C2=O)cc1. The van der Waals surface area contributed by atoms with Crippen molar-refractivity contribution >= 4 is 23.1 Å². The molecule has 3 aromatic carbocycles. The maximum Gasteiger partial charge on any atom is 0.282 e. The first-order valence-electron chi connectivity index (χ1n) is 10.8. The van der Waals surface area contributed by atoms with Crippen molar-refractivity contribution in [3.05, 3.63) is 95.7 Å². The van der Waals surface area contributed by atoms with E-state index in [0.717, 1.165) is 5.56 Å². The van der Waals surface area contributed by atoms with E-state index in [4.69, 9.17) is 9.47 Å². The number of anilines is 1. The van der Waals surface area contributed by atoms with Crippen molar-refractivity contribution in [2.75, 3.05) is 25.7 Å². The summed E-state index contributed by atoms with van der Waals surface area (Å²) in [5, 5.41) is 0. The molecule has 0 spiro atoms. The number of carbonyl (C=O) groups is 2. The Bertz CT molecular complexity index is 1190. The Morgan fingerprint density at radius 1 is 0.848 bits per heavy atom. The van der Waals surface area contributed by atoms with Gasteiger partial charge >= 0.3 is 0 Å². The number of methoxy groups -OCH3 is 1. The average molecular weight is 443 g/mol. The van der Waals surface area contributed by atoms with E-state index >= 15 is 0 Å². The Balaban J connectivity index is 1.80. The van der Waals surface area contributed by atoms with Crippen molar-refractivity contribution in [2.45, 2.75) is 13.5 Å². The van der Waals surface area contributed by atoms with E-state index in [0.29, 0.717) is 47.2 Å². The number of amides is 2. The summed E-state index contributed by atoms with van der Waals surface area (Å²) in [7, 11) is 3.35. The number of rotatable bonds is 8. The van der Waals surface area contributed by atoms with Crippen molar-refractivity contribution in [3.63, 3.8) is 0 Å². The topological polar surface area (TPSA) is 59.1 Å². The maximum atomic E-state index is 13.7. The largest absolute Gasteiger partial charge is 0.495 e. The molecule has 0 aromatic heterocycles. The Kier molecular flexibility index (Phi) is 6.45. The lowest BCUT2D eigenvalue weighted by Gasteiger charge is -2.22. The molecule has 33 heavy (non-hydrogen) atoms. The predicted octanol–water partition coefficient (Wildman–Crippen LogP) is 4.51. The fourth-order valence-corrected chi connectivity index (χ4v) is 3.99. The molecule has 0 N–H and O–H groups in total. The summed E-state index contributed by atoms with van der Waals surface area (Å²) in [5.41, 5.74) is 2.81. The number of likely N-dealkylation sites (N-methyl/N-ethyl adjacent to an activating group) is 1. The Morgan fingerprint density at radius 2 is 1.52 bits per heavy atom. The molecule has 0 radical (unpaired) electrons. The van der Waals surface area contributed by atoms with Crippen LogP contribution in [0.4, 0.5) is 5.69 Å². The first kappa shape index (κ1) is 22.1. The first-order chi connectivity index (χ1) is 16.0. The van der Waals surface area contributed by atoms with Crippen LogP contribution in [0.1, 0.15) is 18.1 Å². The summed E-state index contributed by atoms with van der Waals surface area (Å²) >= 11 is 0. The van der Waals surface area contributed by atoms with Gasteiger partial charge in [-0.3, -0.25) is 9.59 Å². The number of hydrogen-bond donors (Lipinski definition) is 0. The molecule has 0 fully saturated rings. The van der Waals surface area contributed by atoms with Gasteiger partial charge in [0.1, 0.15) is 17.2 Å². The molecule has 0 aliphatic carbocycles. The fourth-order valence-electron chi connectivity index (χ4n) is 3.99. The Hall–Kier alpha value is -4.06. The molecular weight excluding hydrogens is 416 g/mol. The molecule has 1 heterocycles. The summed E-state index contributed by atoms with van der Waals surface area (Å²) in [6.07, 6.45) is 0. The molecule has 6 nitrogen and oxygen atoms in total. The highest BCUT2D eigenvalue weighted by Crippen LogP contribution is 2.38. The zero-order chi connectivity index (χ0) is 23.4. The molecule has 6 heteroatoms. The fraction of sp³-hybridized carbons (Fsp3) is 0.185. The molecule has 4 rings (SSSR count). The van der Waals surface area contributed by atoms with Crippen LogP contribution in [0, 0.1) is 0 Å². The van der Waals surface area contributed by atoms with E-state index in [-0.39, 0.29) is 11.8 Å². The number of carbonyl (C=O) groups excluding carboxylic acids is 2. The Morgan fingerprint density at radius 3 is 2.18 bits per heavy atom. The molecular formula is C27H26N2O4. The third-order valence-electron chi connectivity index (χ3n) is 5.48. The number of nitrogens with zero attached hydrogens (tertiary/aromatic N) is 2. The molecule has 0 bridgehead atoms. The third-order valence-corrected chi connectivity index (χ3v) is 5.48. The minimum absolute atomic E-state index is 0.346. The van der Waals surface area contributed by atoms with Crippen molar-refractivity contribution in [2.24, 2.45) is 0 Å². The van der Waals surface area contributed by atoms with Gasteiger partial charge in [0.15, 0.2) is 0 Å². The second-order valence-electron chi connectivity index (χ2n) is 7.64. The smallest absolute Gasteiger partial charge is 0.282 e. The molecule has 2 amide bonds. The molecule has 1 aliphatic rings. The van der Waals surface area contributed by atoms with Gasteiger partial charge in [-0.05, 0) is 42.3 Å². The minimum Gasteiger partial charge on any atom is -0.495 e. The molecule has 0 unspecified atom stereocenters. The zero-order valence-electron chi connectivity index (χ0n) is 18.9. The lowest BCUT2D eigenvalue weighted by Crippen LogP contribution is -2.34. The van der Waals surface area contributed by atoms with Crippen molar-refractivity contribution < 1.29 is 19.1 Å². The van der Waals surface area contributed by atoms with E-state index in [1.807, 2.05) is 73.5 Å². The first-order valence-corrected chi connectivity index (χ1v) is 10.8. The molecule has 0 saturated heterocycles. The summed E-state index contributed by atoms with van der Waals surface area (Å²) < 4.78 is 11.0. The van der Waals surface area contributed by atoms with Gasteiger partial charge in [0.25, 0.3) is 11.8 Å². The molecule has 1 aliphatic heterocycles. The summed E-state index contributed by atoms with van der Waals surface area (Å²) in [6.45, 7) is 2.94. The number of imide groups is 1. The van der Waals surface area contributed by atoms with E-state index in [1.165, 1.54) is 12.0 Å². The highest BCUT2D eigenvalue weighted by Gasteiger charge is 2.42. The maximum absolute atomic E-state index is 13.7. The van der Waals surface area contributed by atoms with Crippen LogP contribution >= 0.6 is 0 Å². The van der Waals surface area contributed by atoms with Crippen LogP contribution in [-0.4, -0.2) is 37.5 Å². The van der Waals surface area contributed by atoms with Gasteiger partial charge in [0.05, 0.1) is 25.0 Å². The minimum atomic E-state index is -0.386. The lowest BCUT2D eigenvalue weighted by molar-refractivity contribution is -0.120. The summed E-state index contributed by atoms with van der Waals surface area (Å²) in [5.74, 6) is 0.395. The van der Waals surface area contributed by atoms with Gasteiger partial charge < -0.3 is 14.4 Å². The highest BCUT2D eigenvalue weighted by molar-refractivity contribution is 6.45. The van der Waals surface area contributed by atoms with Gasteiger partial charge in [-0.1, -0.05) is 54.6 Å². The summed E-state index contributed by atoms with van der Waals surface area (Å²) in [6, 6.07) is 24.1. The van der Waals surface area contributed by atoms with Crippen LogP contribution in [0.3, 0.4) is 0 Å². The van der Waals surface area contributed by atoms with Crippen LogP contribution < -0.4 is 14.4 Å². The monoisotopic (exact) mass is 442 g/mol. The standard InChI is InChI=1S/C27H26N2O4/c1-4-33-21-16-14-20(15-17-21)24-25(28(2)18-19-10-6-5-7-11-19)27(31)29(26(24)30)22-12-8-9-13-23(22)32-3/h5-17H,4,18H2,1-3H3. The van der Waals surface area contributed by atoms with Crippen LogP contribution in [0.2, 0.25) is 0 Å². The molecule has 168 valence electrons. The van der Waals surface area contributed by atoms with Crippen molar-refractivity contribution in [1.82, 2.24) is 4.90 Å². The van der Waals surface area contributed by atoms with Gasteiger partial charge in [0.2, 0.25) is 0 Å². The lowest BCUT2D eigenvalue weighted by atomic mass is 10.0. The van der Waals surface area contributed by atoms with Crippen LogP contribution in [0.15, 0.2) is 84.6 Å².